The number of anilines is 1. The lowest BCUT2D eigenvalue weighted by molar-refractivity contribution is -0.137. The Labute approximate surface area is 177 Å². The van der Waals surface area contributed by atoms with Gasteiger partial charge < -0.3 is 15.1 Å². The highest BCUT2D eigenvalue weighted by Crippen LogP contribution is 2.31. The number of aryl methyl sites for hydroxylation is 2. The molecule has 7 nitrogen and oxygen atoms in total. The molecule has 1 unspecified atom stereocenters. The van der Waals surface area contributed by atoms with Crippen LogP contribution in [0.15, 0.2) is 18.2 Å². The number of piperazine rings is 1. The SMILES string of the molecule is O=C(CN1CCN(C(=O)C2CC(=O)N(c3ccc4c(c3)CCC4)C2)CC1)NC1CC1. The van der Waals surface area contributed by atoms with E-state index in [0.29, 0.717) is 51.7 Å². The molecular formula is C23H30N4O3. The van der Waals surface area contributed by atoms with Gasteiger partial charge in [-0.05, 0) is 55.4 Å². The Kier molecular flexibility index (Phi) is 5.23. The molecule has 2 heterocycles. The van der Waals surface area contributed by atoms with Gasteiger partial charge in [-0.1, -0.05) is 6.07 Å². The van der Waals surface area contributed by atoms with Crippen LogP contribution in [0.5, 0.6) is 0 Å². The molecule has 0 radical (unpaired) electrons. The van der Waals surface area contributed by atoms with Crippen molar-refractivity contribution >= 4 is 23.4 Å². The standard InChI is InChI=1S/C23H30N4O3/c28-21(24-19-5-6-19)15-25-8-10-26(11-9-25)23(30)18-13-22(29)27(14-18)20-7-4-16-2-1-3-17(16)12-20/h4,7,12,18-19H,1-3,5-6,8-11,13-15H2,(H,24,28). The van der Waals surface area contributed by atoms with Crippen molar-refractivity contribution in [3.05, 3.63) is 29.3 Å². The lowest BCUT2D eigenvalue weighted by Crippen LogP contribution is -2.52. The van der Waals surface area contributed by atoms with Gasteiger partial charge in [-0.3, -0.25) is 19.3 Å². The molecule has 3 amide bonds. The minimum atomic E-state index is -0.268. The third-order valence-electron chi connectivity index (χ3n) is 6.86. The van der Waals surface area contributed by atoms with Crippen molar-refractivity contribution in [2.75, 3.05) is 44.2 Å². The maximum Gasteiger partial charge on any atom is 0.234 e. The second-order valence-electron chi connectivity index (χ2n) is 9.16. The summed E-state index contributed by atoms with van der Waals surface area (Å²) in [7, 11) is 0. The number of carbonyl (C=O) groups is 3. The molecule has 1 N–H and O–H groups in total. The number of fused-ring (bicyclic) bond motifs is 1. The molecule has 4 aliphatic rings. The van der Waals surface area contributed by atoms with Crippen LogP contribution in [0.4, 0.5) is 5.69 Å². The zero-order valence-corrected chi connectivity index (χ0v) is 17.4. The molecule has 1 saturated carbocycles. The van der Waals surface area contributed by atoms with E-state index < -0.39 is 0 Å². The minimum Gasteiger partial charge on any atom is -0.352 e. The fourth-order valence-electron chi connectivity index (χ4n) is 4.94. The number of nitrogens with one attached hydrogen (secondary N) is 1. The van der Waals surface area contributed by atoms with Crippen LogP contribution in [0.2, 0.25) is 0 Å². The molecule has 2 aliphatic carbocycles. The number of nitrogens with zero attached hydrogens (tertiary/aromatic N) is 3. The summed E-state index contributed by atoms with van der Waals surface area (Å²) in [4.78, 5) is 43.4. The molecule has 0 spiro atoms. The number of carbonyl (C=O) groups excluding carboxylic acids is 3. The Balaban J connectivity index is 1.14. The highest BCUT2D eigenvalue weighted by molar-refractivity contribution is 6.00. The first-order chi connectivity index (χ1) is 14.6. The van der Waals surface area contributed by atoms with Crippen molar-refractivity contribution in [1.82, 2.24) is 15.1 Å². The second-order valence-corrected chi connectivity index (χ2v) is 9.16. The van der Waals surface area contributed by atoms with E-state index >= 15 is 0 Å². The highest BCUT2D eigenvalue weighted by Gasteiger charge is 2.38. The topological polar surface area (TPSA) is 73.0 Å². The van der Waals surface area contributed by atoms with Crippen molar-refractivity contribution in [1.29, 1.82) is 0 Å². The Morgan fingerprint density at radius 1 is 1.03 bits per heavy atom. The molecule has 2 saturated heterocycles. The van der Waals surface area contributed by atoms with E-state index in [2.05, 4.69) is 22.3 Å². The van der Waals surface area contributed by atoms with Gasteiger partial charge in [0.1, 0.15) is 0 Å². The van der Waals surface area contributed by atoms with Crippen LogP contribution in [0.1, 0.15) is 36.8 Å². The zero-order valence-electron chi connectivity index (χ0n) is 17.4. The van der Waals surface area contributed by atoms with E-state index in [9.17, 15) is 14.4 Å². The summed E-state index contributed by atoms with van der Waals surface area (Å²) in [5, 5.41) is 3.02. The summed E-state index contributed by atoms with van der Waals surface area (Å²) >= 11 is 0. The van der Waals surface area contributed by atoms with Gasteiger partial charge in [-0.15, -0.1) is 0 Å². The van der Waals surface area contributed by atoms with E-state index in [0.717, 1.165) is 31.4 Å². The Morgan fingerprint density at radius 3 is 2.57 bits per heavy atom. The normalized spacial score (nSPS) is 24.3. The molecule has 0 aromatic heterocycles. The first-order valence-corrected chi connectivity index (χ1v) is 11.3. The number of hydrogen-bond acceptors (Lipinski definition) is 4. The molecule has 2 aliphatic heterocycles. The Morgan fingerprint density at radius 2 is 1.80 bits per heavy atom. The van der Waals surface area contributed by atoms with Crippen molar-refractivity contribution in [2.45, 2.75) is 44.6 Å². The van der Waals surface area contributed by atoms with Crippen LogP contribution in [-0.4, -0.2) is 72.8 Å². The predicted molar refractivity (Wildman–Crippen MR) is 113 cm³/mol. The van der Waals surface area contributed by atoms with E-state index in [-0.39, 0.29) is 23.6 Å². The molecule has 3 fully saturated rings. The fraction of sp³-hybridized carbons (Fsp3) is 0.609. The smallest absolute Gasteiger partial charge is 0.234 e. The number of benzene rings is 1. The maximum atomic E-state index is 13.0. The van der Waals surface area contributed by atoms with Gasteiger partial charge in [0.05, 0.1) is 12.5 Å². The second kappa shape index (κ2) is 8.02. The van der Waals surface area contributed by atoms with E-state index in [1.807, 2.05) is 11.0 Å². The van der Waals surface area contributed by atoms with Crippen molar-refractivity contribution < 1.29 is 14.4 Å². The van der Waals surface area contributed by atoms with Crippen molar-refractivity contribution in [2.24, 2.45) is 5.92 Å². The largest absolute Gasteiger partial charge is 0.352 e. The van der Waals surface area contributed by atoms with Gasteiger partial charge in [0.25, 0.3) is 0 Å². The van der Waals surface area contributed by atoms with Crippen molar-refractivity contribution in [3.63, 3.8) is 0 Å². The number of rotatable bonds is 5. The summed E-state index contributed by atoms with van der Waals surface area (Å²) in [5.41, 5.74) is 3.67. The third kappa shape index (κ3) is 4.08. The van der Waals surface area contributed by atoms with Gasteiger partial charge in [0.2, 0.25) is 17.7 Å². The zero-order chi connectivity index (χ0) is 20.7. The highest BCUT2D eigenvalue weighted by atomic mass is 16.2. The van der Waals surface area contributed by atoms with Gasteiger partial charge in [-0.25, -0.2) is 0 Å². The first-order valence-electron chi connectivity index (χ1n) is 11.3. The monoisotopic (exact) mass is 410 g/mol. The molecule has 7 heteroatoms. The van der Waals surface area contributed by atoms with E-state index in [1.54, 1.807) is 4.90 Å². The summed E-state index contributed by atoms with van der Waals surface area (Å²) in [6, 6.07) is 6.69. The van der Waals surface area contributed by atoms with Crippen LogP contribution in [0.25, 0.3) is 0 Å². The van der Waals surface area contributed by atoms with Crippen LogP contribution in [0, 0.1) is 5.92 Å². The van der Waals surface area contributed by atoms with Gasteiger partial charge in [0.15, 0.2) is 0 Å². The molecule has 1 aromatic rings. The van der Waals surface area contributed by atoms with Crippen molar-refractivity contribution in [3.8, 4) is 0 Å². The average Bonchev–Trinajstić information content (AvgIpc) is 3.28. The van der Waals surface area contributed by atoms with E-state index in [4.69, 9.17) is 0 Å². The number of hydrogen-bond donors (Lipinski definition) is 1. The average molecular weight is 411 g/mol. The van der Waals surface area contributed by atoms with Crippen LogP contribution in [0.3, 0.4) is 0 Å². The van der Waals surface area contributed by atoms with Gasteiger partial charge in [0, 0.05) is 50.9 Å². The predicted octanol–water partition coefficient (Wildman–Crippen LogP) is 0.951. The lowest BCUT2D eigenvalue weighted by Gasteiger charge is -2.35. The number of amides is 3. The lowest BCUT2D eigenvalue weighted by atomic mass is 10.1. The molecule has 5 rings (SSSR count). The minimum absolute atomic E-state index is 0.0432. The Hall–Kier alpha value is -2.41. The fourth-order valence-corrected chi connectivity index (χ4v) is 4.94. The molecular weight excluding hydrogens is 380 g/mol. The van der Waals surface area contributed by atoms with Crippen LogP contribution in [-0.2, 0) is 27.2 Å². The summed E-state index contributed by atoms with van der Waals surface area (Å²) in [6.07, 6.45) is 5.87. The quantitative estimate of drug-likeness (QED) is 0.785. The van der Waals surface area contributed by atoms with Gasteiger partial charge in [-0.2, -0.15) is 0 Å². The third-order valence-corrected chi connectivity index (χ3v) is 6.86. The molecule has 1 atom stereocenters. The van der Waals surface area contributed by atoms with Crippen LogP contribution >= 0.6 is 0 Å². The molecule has 1 aromatic carbocycles. The first kappa shape index (κ1) is 19.5. The maximum absolute atomic E-state index is 13.0. The van der Waals surface area contributed by atoms with Crippen LogP contribution < -0.4 is 10.2 Å². The summed E-state index contributed by atoms with van der Waals surface area (Å²) in [6.45, 7) is 3.54. The molecule has 0 bridgehead atoms. The summed E-state index contributed by atoms with van der Waals surface area (Å²) in [5.74, 6) is -0.0603. The molecule has 30 heavy (non-hydrogen) atoms. The Bertz CT molecular complexity index is 858. The van der Waals surface area contributed by atoms with Gasteiger partial charge >= 0.3 is 0 Å². The summed E-state index contributed by atoms with van der Waals surface area (Å²) < 4.78 is 0. The van der Waals surface area contributed by atoms with E-state index in [1.165, 1.54) is 17.5 Å². The molecule has 160 valence electrons.